The van der Waals surface area contributed by atoms with Crippen molar-refractivity contribution in [1.82, 2.24) is 14.9 Å². The molecule has 3 N–H and O–H groups in total. The van der Waals surface area contributed by atoms with Crippen molar-refractivity contribution in [2.75, 3.05) is 11.3 Å². The van der Waals surface area contributed by atoms with Gasteiger partial charge in [-0.3, -0.25) is 9.52 Å². The molecule has 0 aliphatic carbocycles. The van der Waals surface area contributed by atoms with Crippen LogP contribution in [-0.4, -0.2) is 35.7 Å². The minimum absolute atomic E-state index is 0.0219. The summed E-state index contributed by atoms with van der Waals surface area (Å²) in [6, 6.07) is 17.2. The Hall–Kier alpha value is -3.85. The molecule has 0 spiro atoms. The first-order chi connectivity index (χ1) is 16.7. The number of fused-ring (bicyclic) bond motifs is 1. The summed E-state index contributed by atoms with van der Waals surface area (Å²) in [5, 5.41) is 0. The topological polar surface area (TPSA) is 115 Å². The van der Waals surface area contributed by atoms with Crippen molar-refractivity contribution < 1.29 is 13.2 Å². The third-order valence-corrected chi connectivity index (χ3v) is 7.99. The van der Waals surface area contributed by atoms with Crippen LogP contribution in [0.15, 0.2) is 70.4 Å². The molecular formula is C26H26N4O4S. The van der Waals surface area contributed by atoms with E-state index in [1.165, 1.54) is 29.3 Å². The number of aromatic amines is 2. The van der Waals surface area contributed by atoms with Crippen LogP contribution in [-0.2, 0) is 10.0 Å². The molecule has 0 radical (unpaired) electrons. The van der Waals surface area contributed by atoms with Gasteiger partial charge in [0.1, 0.15) is 0 Å². The number of H-pyrrole nitrogens is 2. The van der Waals surface area contributed by atoms with Crippen LogP contribution in [0.5, 0.6) is 0 Å². The average Bonchev–Trinajstić information content (AvgIpc) is 3.46. The summed E-state index contributed by atoms with van der Waals surface area (Å²) in [5.74, 6) is -0.0676. The highest BCUT2D eigenvalue weighted by molar-refractivity contribution is 7.92. The molecule has 0 saturated carbocycles. The van der Waals surface area contributed by atoms with Gasteiger partial charge in [-0.1, -0.05) is 18.2 Å². The highest BCUT2D eigenvalue weighted by Crippen LogP contribution is 2.34. The molecule has 8 nitrogen and oxygen atoms in total. The Morgan fingerprint density at radius 2 is 1.69 bits per heavy atom. The first-order valence-electron chi connectivity index (χ1n) is 11.4. The lowest BCUT2D eigenvalue weighted by Gasteiger charge is -2.26. The van der Waals surface area contributed by atoms with Crippen LogP contribution in [0.1, 0.15) is 45.9 Å². The van der Waals surface area contributed by atoms with Crippen molar-refractivity contribution in [3.63, 3.8) is 0 Å². The first kappa shape index (κ1) is 22.9. The number of anilines is 1. The number of nitrogens with zero attached hydrogens (tertiary/aromatic N) is 1. The van der Waals surface area contributed by atoms with E-state index in [1.807, 2.05) is 4.90 Å². The third-order valence-electron chi connectivity index (χ3n) is 6.61. The minimum atomic E-state index is -3.88. The average molecular weight is 491 g/mol. The van der Waals surface area contributed by atoms with E-state index < -0.39 is 15.7 Å². The number of amides is 1. The number of nitrogens with one attached hydrogen (secondary N) is 3. The molecular weight excluding hydrogens is 464 g/mol. The van der Waals surface area contributed by atoms with Crippen LogP contribution in [0.3, 0.4) is 0 Å². The van der Waals surface area contributed by atoms with Gasteiger partial charge in [-0.2, -0.15) is 0 Å². The van der Waals surface area contributed by atoms with Gasteiger partial charge in [0.05, 0.1) is 22.0 Å². The molecule has 1 amide bonds. The Balaban J connectivity index is 1.33. The van der Waals surface area contributed by atoms with Gasteiger partial charge in [0.15, 0.2) is 0 Å². The molecule has 5 rings (SSSR count). The van der Waals surface area contributed by atoms with E-state index in [9.17, 15) is 18.0 Å². The second-order valence-electron chi connectivity index (χ2n) is 8.97. The fraction of sp³-hybridized carbons (Fsp3) is 0.231. The molecule has 3 aromatic carbocycles. The molecule has 2 heterocycles. The van der Waals surface area contributed by atoms with Gasteiger partial charge in [-0.15, -0.1) is 0 Å². The standard InChI is InChI=1S/C26H26N4O4S/c1-16-5-6-19(14-17(16)2)24-4-3-13-30(24)25(31)18-7-9-20(10-8-18)29-35(33,34)21-11-12-22-23(15-21)28-26(32)27-22/h5-12,14-15,24,29H,3-4,13H2,1-2H3,(H2,27,28,32). The number of sulfonamides is 1. The molecule has 1 fully saturated rings. The maximum absolute atomic E-state index is 13.3. The first-order valence-corrected chi connectivity index (χ1v) is 12.9. The molecule has 180 valence electrons. The van der Waals surface area contributed by atoms with E-state index in [4.69, 9.17) is 0 Å². The quantitative estimate of drug-likeness (QED) is 0.388. The van der Waals surface area contributed by atoms with Gasteiger partial charge >= 0.3 is 5.69 Å². The zero-order valence-corrected chi connectivity index (χ0v) is 20.3. The number of imidazole rings is 1. The van der Waals surface area contributed by atoms with Crippen LogP contribution in [0.25, 0.3) is 11.0 Å². The fourth-order valence-electron chi connectivity index (χ4n) is 4.57. The molecule has 0 bridgehead atoms. The zero-order valence-electron chi connectivity index (χ0n) is 19.5. The molecule has 4 aromatic rings. The van der Waals surface area contributed by atoms with Gasteiger partial charge in [-0.05, 0) is 85.8 Å². The number of carbonyl (C=O) groups is 1. The largest absolute Gasteiger partial charge is 0.332 e. The molecule has 1 unspecified atom stereocenters. The number of rotatable bonds is 5. The SMILES string of the molecule is Cc1ccc(C2CCCN2C(=O)c2ccc(NS(=O)(=O)c3ccc4[nH]c(=O)[nH]c4c3)cc2)cc1C. The number of hydrogen-bond acceptors (Lipinski definition) is 4. The Morgan fingerprint density at radius 3 is 2.43 bits per heavy atom. The number of likely N-dealkylation sites (tertiary alicyclic amines) is 1. The Morgan fingerprint density at radius 1 is 0.943 bits per heavy atom. The van der Waals surface area contributed by atoms with E-state index in [2.05, 4.69) is 46.7 Å². The summed E-state index contributed by atoms with van der Waals surface area (Å²) >= 11 is 0. The smallest absolute Gasteiger partial charge is 0.323 e. The predicted molar refractivity (Wildman–Crippen MR) is 135 cm³/mol. The predicted octanol–water partition coefficient (Wildman–Crippen LogP) is 4.25. The van der Waals surface area contributed by atoms with Crippen molar-refractivity contribution in [3.8, 4) is 0 Å². The van der Waals surface area contributed by atoms with Crippen LogP contribution in [0.4, 0.5) is 5.69 Å². The van der Waals surface area contributed by atoms with Gasteiger partial charge in [0.2, 0.25) is 0 Å². The summed E-state index contributed by atoms with van der Waals surface area (Å²) in [6.45, 7) is 4.84. The maximum atomic E-state index is 13.3. The number of hydrogen-bond donors (Lipinski definition) is 3. The van der Waals surface area contributed by atoms with Crippen LogP contribution in [0.2, 0.25) is 0 Å². The number of carbonyl (C=O) groups excluding carboxylic acids is 1. The summed E-state index contributed by atoms with van der Waals surface area (Å²) in [6.07, 6.45) is 1.86. The molecule has 1 aliphatic rings. The van der Waals surface area contributed by atoms with E-state index in [0.29, 0.717) is 28.8 Å². The summed E-state index contributed by atoms with van der Waals surface area (Å²) in [7, 11) is -3.88. The molecule has 35 heavy (non-hydrogen) atoms. The van der Waals surface area contributed by atoms with E-state index in [-0.39, 0.29) is 16.8 Å². The van der Waals surface area contributed by atoms with Crippen LogP contribution >= 0.6 is 0 Å². The van der Waals surface area contributed by atoms with Crippen LogP contribution in [0, 0.1) is 13.8 Å². The minimum Gasteiger partial charge on any atom is -0.332 e. The normalized spacial score (nSPS) is 16.1. The van der Waals surface area contributed by atoms with Gasteiger partial charge < -0.3 is 14.9 Å². The summed E-state index contributed by atoms with van der Waals surface area (Å²) < 4.78 is 28.2. The lowest BCUT2D eigenvalue weighted by Crippen LogP contribution is -2.30. The van der Waals surface area contributed by atoms with Crippen molar-refractivity contribution in [2.45, 2.75) is 37.6 Å². The van der Waals surface area contributed by atoms with E-state index >= 15 is 0 Å². The summed E-state index contributed by atoms with van der Waals surface area (Å²) in [4.78, 5) is 31.8. The van der Waals surface area contributed by atoms with E-state index in [0.717, 1.165) is 18.4 Å². The maximum Gasteiger partial charge on any atom is 0.323 e. The Bertz CT molecular complexity index is 1590. The monoisotopic (exact) mass is 490 g/mol. The highest BCUT2D eigenvalue weighted by Gasteiger charge is 2.30. The Labute approximate surface area is 203 Å². The second-order valence-corrected chi connectivity index (χ2v) is 10.7. The van der Waals surface area contributed by atoms with Gasteiger partial charge in [-0.25, -0.2) is 13.2 Å². The number of benzene rings is 3. The van der Waals surface area contributed by atoms with Crippen molar-refractivity contribution in [1.29, 1.82) is 0 Å². The molecule has 1 aromatic heterocycles. The summed E-state index contributed by atoms with van der Waals surface area (Å²) in [5.41, 5.74) is 4.96. The zero-order chi connectivity index (χ0) is 24.7. The molecule has 1 aliphatic heterocycles. The molecule has 1 atom stereocenters. The van der Waals surface area contributed by atoms with Crippen LogP contribution < -0.4 is 10.4 Å². The number of aromatic nitrogens is 2. The van der Waals surface area contributed by atoms with Gasteiger partial charge in [0, 0.05) is 17.8 Å². The fourth-order valence-corrected chi connectivity index (χ4v) is 5.65. The van der Waals surface area contributed by atoms with Gasteiger partial charge in [0.25, 0.3) is 15.9 Å². The van der Waals surface area contributed by atoms with E-state index in [1.54, 1.807) is 24.3 Å². The lowest BCUT2D eigenvalue weighted by atomic mass is 9.99. The lowest BCUT2D eigenvalue weighted by molar-refractivity contribution is 0.0735. The molecule has 1 saturated heterocycles. The highest BCUT2D eigenvalue weighted by atomic mass is 32.2. The third kappa shape index (κ3) is 4.46. The second kappa shape index (κ2) is 8.74. The number of aryl methyl sites for hydroxylation is 2. The Kier molecular flexibility index (Phi) is 5.72. The van der Waals surface area contributed by atoms with Crippen molar-refractivity contribution in [3.05, 3.63) is 93.4 Å². The van der Waals surface area contributed by atoms with Crippen molar-refractivity contribution >= 4 is 32.7 Å². The van der Waals surface area contributed by atoms with Crippen molar-refractivity contribution in [2.24, 2.45) is 0 Å². The molecule has 9 heteroatoms.